The van der Waals surface area contributed by atoms with Crippen LogP contribution in [-0.2, 0) is 9.22 Å². The van der Waals surface area contributed by atoms with E-state index in [0.717, 1.165) is 6.42 Å². The van der Waals surface area contributed by atoms with Gasteiger partial charge in [0, 0.05) is 6.42 Å². The van der Waals surface area contributed by atoms with Crippen LogP contribution in [0.15, 0.2) is 12.2 Å². The zero-order valence-corrected chi connectivity index (χ0v) is 24.6. The van der Waals surface area contributed by atoms with Gasteiger partial charge in [0.15, 0.2) is 0 Å². The molecule has 0 aliphatic heterocycles. The fourth-order valence-electron chi connectivity index (χ4n) is 3.89. The van der Waals surface area contributed by atoms with E-state index in [1.807, 2.05) is 0 Å². The van der Waals surface area contributed by atoms with Crippen LogP contribution in [0, 0.1) is 0 Å². The van der Waals surface area contributed by atoms with E-state index in [1.165, 1.54) is 116 Å². The average molecular weight is 481 g/mol. The molecular formula is C30H60O2Si. The minimum absolute atomic E-state index is 0.0230. The summed E-state index contributed by atoms with van der Waals surface area (Å²) in [5.74, 6) is 0.0230. The minimum atomic E-state index is -1.94. The van der Waals surface area contributed by atoms with E-state index < -0.39 is 8.32 Å². The molecule has 0 aromatic heterocycles. The van der Waals surface area contributed by atoms with Gasteiger partial charge in [0.05, 0.1) is 0 Å². The van der Waals surface area contributed by atoms with Gasteiger partial charge in [0.1, 0.15) is 0 Å². The Morgan fingerprint density at radius 3 is 1.39 bits per heavy atom. The van der Waals surface area contributed by atoms with Crippen LogP contribution in [-0.4, -0.2) is 14.3 Å². The molecule has 3 heteroatoms. The highest BCUT2D eigenvalue weighted by Gasteiger charge is 2.40. The Bertz CT molecular complexity index is 476. The van der Waals surface area contributed by atoms with E-state index in [1.54, 1.807) is 0 Å². The molecule has 2 nitrogen and oxygen atoms in total. The van der Waals surface area contributed by atoms with E-state index >= 15 is 0 Å². The lowest BCUT2D eigenvalue weighted by molar-refractivity contribution is -0.135. The van der Waals surface area contributed by atoms with Crippen molar-refractivity contribution in [3.63, 3.8) is 0 Å². The molecule has 0 aliphatic carbocycles. The Morgan fingerprint density at radius 2 is 1.00 bits per heavy atom. The Balaban J connectivity index is 3.33. The molecule has 0 amide bonds. The number of carbonyl (C=O) groups is 1. The first-order valence-electron chi connectivity index (χ1n) is 14.6. The van der Waals surface area contributed by atoms with Crippen molar-refractivity contribution in [1.82, 2.24) is 0 Å². The highest BCUT2D eigenvalue weighted by atomic mass is 28.4. The second-order valence-electron chi connectivity index (χ2n) is 11.7. The molecule has 0 aromatic carbocycles. The summed E-state index contributed by atoms with van der Waals surface area (Å²) < 4.78 is 5.84. The monoisotopic (exact) mass is 480 g/mol. The predicted octanol–water partition coefficient (Wildman–Crippen LogP) is 10.9. The van der Waals surface area contributed by atoms with Gasteiger partial charge in [-0.3, -0.25) is 4.79 Å². The van der Waals surface area contributed by atoms with Crippen LogP contribution in [0.1, 0.15) is 156 Å². The second-order valence-corrected chi connectivity index (χ2v) is 16.4. The van der Waals surface area contributed by atoms with Gasteiger partial charge in [-0.1, -0.05) is 130 Å². The van der Waals surface area contributed by atoms with Gasteiger partial charge in [-0.25, -0.2) is 0 Å². The van der Waals surface area contributed by atoms with Gasteiger partial charge in [-0.15, -0.1) is 0 Å². The van der Waals surface area contributed by atoms with E-state index in [-0.39, 0.29) is 11.0 Å². The second kappa shape index (κ2) is 20.8. The third-order valence-corrected chi connectivity index (χ3v) is 11.7. The molecule has 0 fully saturated rings. The minimum Gasteiger partial charge on any atom is -0.519 e. The molecule has 0 N–H and O–H groups in total. The predicted molar refractivity (Wildman–Crippen MR) is 150 cm³/mol. The maximum absolute atomic E-state index is 12.1. The lowest BCUT2D eigenvalue weighted by Gasteiger charge is -2.35. The van der Waals surface area contributed by atoms with Gasteiger partial charge in [-0.2, -0.15) is 0 Å². The molecule has 0 rings (SSSR count). The van der Waals surface area contributed by atoms with Crippen molar-refractivity contribution < 1.29 is 9.22 Å². The van der Waals surface area contributed by atoms with Gasteiger partial charge < -0.3 is 4.43 Å². The van der Waals surface area contributed by atoms with Crippen LogP contribution >= 0.6 is 0 Å². The third-order valence-electron chi connectivity index (χ3n) is 7.32. The number of unbranched alkanes of at least 4 members (excludes halogenated alkanes) is 17. The third kappa shape index (κ3) is 20.5. The summed E-state index contributed by atoms with van der Waals surface area (Å²) in [4.78, 5) is 12.1. The van der Waals surface area contributed by atoms with Crippen molar-refractivity contribution in [3.8, 4) is 0 Å². The first-order chi connectivity index (χ1) is 15.7. The normalized spacial score (nSPS) is 12.5. The van der Waals surface area contributed by atoms with Gasteiger partial charge in [0.2, 0.25) is 0 Å². The Labute approximate surface area is 209 Å². The van der Waals surface area contributed by atoms with Crippen LogP contribution in [0.25, 0.3) is 0 Å². The van der Waals surface area contributed by atoms with Crippen molar-refractivity contribution in [2.24, 2.45) is 0 Å². The van der Waals surface area contributed by atoms with Crippen molar-refractivity contribution in [2.75, 3.05) is 0 Å². The summed E-state index contributed by atoms with van der Waals surface area (Å²) in [5.41, 5.74) is 0. The van der Waals surface area contributed by atoms with Crippen molar-refractivity contribution in [3.05, 3.63) is 12.2 Å². The maximum atomic E-state index is 12.1. The summed E-state index contributed by atoms with van der Waals surface area (Å²) in [6.45, 7) is 13.1. The Kier molecular flexibility index (Phi) is 20.4. The first kappa shape index (κ1) is 32.4. The van der Waals surface area contributed by atoms with E-state index in [9.17, 15) is 4.79 Å². The van der Waals surface area contributed by atoms with E-state index in [2.05, 4.69) is 52.9 Å². The summed E-state index contributed by atoms with van der Waals surface area (Å²) in [6.07, 6.45) is 30.8. The van der Waals surface area contributed by atoms with Crippen LogP contribution < -0.4 is 0 Å². The standard InChI is InChI=1S/C30H60O2Si/c1-7-8-9-10-11-12-13-14-15-16-17-18-19-20-21-22-23-24-25-26-27-28-29(31)32-33(5,6)30(2,3)4/h14-15H,7-13,16-28H2,1-6H3/b15-14-. The molecule has 0 heterocycles. The fraction of sp³-hybridized carbons (Fsp3) is 0.900. The summed E-state index contributed by atoms with van der Waals surface area (Å²) >= 11 is 0. The molecule has 33 heavy (non-hydrogen) atoms. The van der Waals surface area contributed by atoms with Crippen molar-refractivity contribution >= 4 is 14.3 Å². The molecule has 0 unspecified atom stereocenters. The molecular weight excluding hydrogens is 420 g/mol. The highest BCUT2D eigenvalue weighted by molar-refractivity contribution is 6.75. The van der Waals surface area contributed by atoms with E-state index in [0.29, 0.717) is 6.42 Å². The average Bonchev–Trinajstić information content (AvgIpc) is 2.73. The first-order valence-corrected chi connectivity index (χ1v) is 17.5. The lowest BCUT2D eigenvalue weighted by Crippen LogP contribution is -2.42. The number of carbonyl (C=O) groups excluding carboxylic acids is 1. The van der Waals surface area contributed by atoms with E-state index in [4.69, 9.17) is 4.43 Å². The quantitative estimate of drug-likeness (QED) is 0.0874. The van der Waals surface area contributed by atoms with Crippen molar-refractivity contribution in [1.29, 1.82) is 0 Å². The highest BCUT2D eigenvalue weighted by Crippen LogP contribution is 2.36. The van der Waals surface area contributed by atoms with Gasteiger partial charge >= 0.3 is 0 Å². The Morgan fingerprint density at radius 1 is 0.636 bits per heavy atom. The SMILES string of the molecule is CCCCCCCC/C=C\CCCCCCCCCCCCCC(=O)O[Si](C)(C)C(C)(C)C. The van der Waals surface area contributed by atoms with Crippen LogP contribution in [0.2, 0.25) is 18.1 Å². The van der Waals surface area contributed by atoms with Crippen molar-refractivity contribution in [2.45, 2.75) is 174 Å². The van der Waals surface area contributed by atoms with Gasteiger partial charge in [-0.05, 0) is 50.2 Å². The zero-order valence-electron chi connectivity index (χ0n) is 23.6. The largest absolute Gasteiger partial charge is 0.519 e. The maximum Gasteiger partial charge on any atom is 0.292 e. The summed E-state index contributed by atoms with van der Waals surface area (Å²) in [5, 5.41) is 0.104. The molecule has 0 spiro atoms. The van der Waals surface area contributed by atoms with Crippen LogP contribution in [0.3, 0.4) is 0 Å². The van der Waals surface area contributed by atoms with Crippen LogP contribution in [0.5, 0.6) is 0 Å². The molecule has 0 radical (unpaired) electrons. The topological polar surface area (TPSA) is 26.3 Å². The molecule has 0 saturated carbocycles. The molecule has 0 aromatic rings. The lowest BCUT2D eigenvalue weighted by atomic mass is 10.0. The number of hydrogen-bond acceptors (Lipinski definition) is 2. The molecule has 0 bridgehead atoms. The molecule has 196 valence electrons. The fourth-order valence-corrected chi connectivity index (χ4v) is 4.87. The van der Waals surface area contributed by atoms with Gasteiger partial charge in [0.25, 0.3) is 14.3 Å². The summed E-state index contributed by atoms with van der Waals surface area (Å²) in [7, 11) is -1.94. The smallest absolute Gasteiger partial charge is 0.292 e. The van der Waals surface area contributed by atoms with Crippen LogP contribution in [0.4, 0.5) is 0 Å². The zero-order chi connectivity index (χ0) is 24.8. The Hall–Kier alpha value is -0.573. The molecule has 0 saturated heterocycles. The molecule has 0 aliphatic rings. The summed E-state index contributed by atoms with van der Waals surface area (Å²) in [6, 6.07) is 0. The molecule has 0 atom stereocenters. The number of allylic oxidation sites excluding steroid dienone is 2. The number of rotatable bonds is 22. The number of hydrogen-bond donors (Lipinski definition) is 0.